The first-order valence-corrected chi connectivity index (χ1v) is 9.90. The highest BCUT2D eigenvalue weighted by molar-refractivity contribution is 5.90. The van der Waals surface area contributed by atoms with Crippen molar-refractivity contribution in [1.29, 1.82) is 0 Å². The van der Waals surface area contributed by atoms with E-state index in [2.05, 4.69) is 32.2 Å². The predicted octanol–water partition coefficient (Wildman–Crippen LogP) is 1.64. The monoisotopic (exact) mass is 385 g/mol. The number of rotatable bonds is 7. The summed E-state index contributed by atoms with van der Waals surface area (Å²) in [6.45, 7) is 8.92. The topological polar surface area (TPSA) is 79.2 Å². The van der Waals surface area contributed by atoms with Crippen molar-refractivity contribution >= 4 is 11.7 Å². The van der Waals surface area contributed by atoms with Crippen LogP contribution >= 0.6 is 0 Å². The average molecular weight is 386 g/mol. The Morgan fingerprint density at radius 2 is 2.14 bits per heavy atom. The van der Waals surface area contributed by atoms with E-state index in [0.29, 0.717) is 12.1 Å². The van der Waals surface area contributed by atoms with E-state index in [9.17, 15) is 4.79 Å². The van der Waals surface area contributed by atoms with Crippen molar-refractivity contribution in [2.45, 2.75) is 52.2 Å². The highest BCUT2D eigenvalue weighted by Crippen LogP contribution is 2.24. The van der Waals surface area contributed by atoms with Gasteiger partial charge < -0.3 is 15.1 Å². The Hall–Kier alpha value is -2.48. The van der Waals surface area contributed by atoms with Crippen LogP contribution in [0.25, 0.3) is 0 Å². The fraction of sp³-hybridized carbons (Fsp3) is 0.600. The Morgan fingerprint density at radius 1 is 1.36 bits per heavy atom. The maximum atomic E-state index is 12.3. The van der Waals surface area contributed by atoms with Crippen LogP contribution in [0.4, 0.5) is 5.82 Å². The van der Waals surface area contributed by atoms with Crippen LogP contribution in [0.1, 0.15) is 41.6 Å². The van der Waals surface area contributed by atoms with Crippen LogP contribution in [0.2, 0.25) is 0 Å². The zero-order chi connectivity index (χ0) is 20.3. The number of aromatic nitrogens is 4. The standard InChI is InChI=1S/C20H31N7O/c1-14(7-12-27-10-6-9-21-27)22-17-8-11-26(13-17)19-15(2)16(3)23-18(24-19)20(28)25(4)5/h6,9-10,14,17,22H,7-8,11-13H2,1-5H3/t14?,17-/m1/s1. The van der Waals surface area contributed by atoms with Crippen LogP contribution in [0.15, 0.2) is 18.5 Å². The number of aryl methyl sites for hydroxylation is 2. The Morgan fingerprint density at radius 3 is 2.82 bits per heavy atom. The molecule has 2 aromatic rings. The quantitative estimate of drug-likeness (QED) is 0.781. The van der Waals surface area contributed by atoms with Crippen molar-refractivity contribution in [3.05, 3.63) is 35.5 Å². The fourth-order valence-corrected chi connectivity index (χ4v) is 3.55. The molecule has 1 N–H and O–H groups in total. The summed E-state index contributed by atoms with van der Waals surface area (Å²) in [5.41, 5.74) is 1.90. The van der Waals surface area contributed by atoms with E-state index in [1.165, 1.54) is 4.90 Å². The summed E-state index contributed by atoms with van der Waals surface area (Å²) in [6, 6.07) is 2.78. The van der Waals surface area contributed by atoms with Gasteiger partial charge in [0.15, 0.2) is 0 Å². The number of carbonyl (C=O) groups is 1. The number of carbonyl (C=O) groups excluding carboxylic acids is 1. The van der Waals surface area contributed by atoms with Gasteiger partial charge in [0.05, 0.1) is 0 Å². The smallest absolute Gasteiger partial charge is 0.291 e. The number of hydrogen-bond donors (Lipinski definition) is 1. The molecule has 0 aromatic carbocycles. The molecule has 1 saturated heterocycles. The van der Waals surface area contributed by atoms with Gasteiger partial charge in [0.2, 0.25) is 5.82 Å². The molecular weight excluding hydrogens is 354 g/mol. The third kappa shape index (κ3) is 4.67. The van der Waals surface area contributed by atoms with Crippen molar-refractivity contribution in [2.75, 3.05) is 32.1 Å². The zero-order valence-corrected chi connectivity index (χ0v) is 17.5. The first kappa shape index (κ1) is 20.3. The van der Waals surface area contributed by atoms with Gasteiger partial charge in [-0.05, 0) is 39.7 Å². The van der Waals surface area contributed by atoms with Crippen LogP contribution in [0.3, 0.4) is 0 Å². The van der Waals surface area contributed by atoms with Crippen LogP contribution in [-0.2, 0) is 6.54 Å². The minimum atomic E-state index is -0.162. The number of amides is 1. The maximum Gasteiger partial charge on any atom is 0.291 e. The second-order valence-corrected chi connectivity index (χ2v) is 7.84. The van der Waals surface area contributed by atoms with E-state index in [0.717, 1.165) is 49.6 Å². The van der Waals surface area contributed by atoms with Crippen molar-refractivity contribution in [3.63, 3.8) is 0 Å². The van der Waals surface area contributed by atoms with Gasteiger partial charge in [0.1, 0.15) is 5.82 Å². The minimum absolute atomic E-state index is 0.162. The second-order valence-electron chi connectivity index (χ2n) is 7.84. The molecule has 3 heterocycles. The first-order valence-electron chi connectivity index (χ1n) is 9.90. The molecule has 3 rings (SSSR count). The second kappa shape index (κ2) is 8.68. The van der Waals surface area contributed by atoms with E-state index in [-0.39, 0.29) is 11.7 Å². The molecule has 0 spiro atoms. The summed E-state index contributed by atoms with van der Waals surface area (Å²) >= 11 is 0. The molecule has 0 saturated carbocycles. The fourth-order valence-electron chi connectivity index (χ4n) is 3.55. The normalized spacial score (nSPS) is 17.8. The van der Waals surface area contributed by atoms with E-state index in [1.54, 1.807) is 14.1 Å². The van der Waals surface area contributed by atoms with Crippen molar-refractivity contribution in [1.82, 2.24) is 30.0 Å². The third-order valence-corrected chi connectivity index (χ3v) is 5.32. The van der Waals surface area contributed by atoms with Crippen LogP contribution < -0.4 is 10.2 Å². The summed E-state index contributed by atoms with van der Waals surface area (Å²) < 4.78 is 1.97. The molecule has 1 amide bonds. The zero-order valence-electron chi connectivity index (χ0n) is 17.5. The third-order valence-electron chi connectivity index (χ3n) is 5.32. The van der Waals surface area contributed by atoms with Crippen molar-refractivity contribution < 1.29 is 4.79 Å². The van der Waals surface area contributed by atoms with Gasteiger partial charge in [0.25, 0.3) is 5.91 Å². The van der Waals surface area contributed by atoms with Gasteiger partial charge >= 0.3 is 0 Å². The predicted molar refractivity (Wildman–Crippen MR) is 110 cm³/mol. The van der Waals surface area contributed by atoms with Gasteiger partial charge in [-0.25, -0.2) is 9.97 Å². The van der Waals surface area contributed by atoms with E-state index < -0.39 is 0 Å². The van der Waals surface area contributed by atoms with E-state index in [1.807, 2.05) is 37.0 Å². The Bertz CT molecular complexity index is 803. The lowest BCUT2D eigenvalue weighted by molar-refractivity contribution is 0.0815. The molecule has 0 aliphatic carbocycles. The molecule has 1 fully saturated rings. The molecule has 8 heteroatoms. The van der Waals surface area contributed by atoms with E-state index in [4.69, 9.17) is 0 Å². The average Bonchev–Trinajstić information content (AvgIpc) is 3.33. The lowest BCUT2D eigenvalue weighted by atomic mass is 10.2. The number of hydrogen-bond acceptors (Lipinski definition) is 6. The van der Waals surface area contributed by atoms with Crippen LogP contribution in [0.5, 0.6) is 0 Å². The molecule has 1 aliphatic rings. The Balaban J connectivity index is 1.62. The van der Waals surface area contributed by atoms with E-state index >= 15 is 0 Å². The summed E-state index contributed by atoms with van der Waals surface area (Å²) in [7, 11) is 3.45. The van der Waals surface area contributed by atoms with Crippen molar-refractivity contribution in [3.8, 4) is 0 Å². The minimum Gasteiger partial charge on any atom is -0.355 e. The number of nitrogens with zero attached hydrogens (tertiary/aromatic N) is 6. The molecule has 2 atom stereocenters. The molecule has 28 heavy (non-hydrogen) atoms. The molecule has 1 aliphatic heterocycles. The molecular formula is C20H31N7O. The molecule has 8 nitrogen and oxygen atoms in total. The van der Waals surface area contributed by atoms with Crippen molar-refractivity contribution in [2.24, 2.45) is 0 Å². The van der Waals surface area contributed by atoms with Crippen LogP contribution in [0, 0.1) is 13.8 Å². The molecule has 0 radical (unpaired) electrons. The molecule has 0 bridgehead atoms. The Kier molecular flexibility index (Phi) is 6.28. The molecule has 152 valence electrons. The summed E-state index contributed by atoms with van der Waals surface area (Å²) in [4.78, 5) is 25.1. The number of anilines is 1. The molecule has 2 aromatic heterocycles. The summed E-state index contributed by atoms with van der Waals surface area (Å²) in [5, 5.41) is 7.99. The van der Waals surface area contributed by atoms with Crippen LogP contribution in [-0.4, -0.2) is 69.8 Å². The van der Waals surface area contributed by atoms with Gasteiger partial charge in [-0.15, -0.1) is 0 Å². The lowest BCUT2D eigenvalue weighted by Crippen LogP contribution is -2.39. The van der Waals surface area contributed by atoms with Gasteiger partial charge in [-0.1, -0.05) is 0 Å². The first-order chi connectivity index (χ1) is 13.3. The van der Waals surface area contributed by atoms with Gasteiger partial charge in [0, 0.05) is 69.5 Å². The van der Waals surface area contributed by atoms with Gasteiger partial charge in [-0.3, -0.25) is 9.48 Å². The molecule has 1 unspecified atom stereocenters. The lowest BCUT2D eigenvalue weighted by Gasteiger charge is -2.23. The largest absolute Gasteiger partial charge is 0.355 e. The SMILES string of the molecule is Cc1nc(C(=O)N(C)C)nc(N2CC[C@@H](NC(C)CCn3cccn3)C2)c1C. The van der Waals surface area contributed by atoms with Gasteiger partial charge in [-0.2, -0.15) is 5.10 Å². The summed E-state index contributed by atoms with van der Waals surface area (Å²) in [5.74, 6) is 0.990. The Labute approximate surface area is 167 Å². The number of nitrogens with one attached hydrogen (secondary N) is 1. The highest BCUT2D eigenvalue weighted by atomic mass is 16.2. The summed E-state index contributed by atoms with van der Waals surface area (Å²) in [6.07, 6.45) is 5.90. The maximum absolute atomic E-state index is 12.3. The highest BCUT2D eigenvalue weighted by Gasteiger charge is 2.27.